The van der Waals surface area contributed by atoms with E-state index in [1.807, 2.05) is 0 Å². The number of nitriles is 1. The number of pyridine rings is 1. The van der Waals surface area contributed by atoms with E-state index < -0.39 is 29.4 Å². The number of nitrogens with zero attached hydrogens (tertiary/aromatic N) is 5. The number of carbonyl (C=O) groups is 1. The average Bonchev–Trinajstić information content (AvgIpc) is 3.35. The van der Waals surface area contributed by atoms with Crippen molar-refractivity contribution in [3.8, 4) is 11.8 Å². The lowest BCUT2D eigenvalue weighted by Crippen LogP contribution is -3.00. The zero-order valence-electron chi connectivity index (χ0n) is 22.8. The summed E-state index contributed by atoms with van der Waals surface area (Å²) in [5.41, 5.74) is 0.0612. The first-order chi connectivity index (χ1) is 20.0. The van der Waals surface area contributed by atoms with E-state index in [0.29, 0.717) is 29.7 Å². The van der Waals surface area contributed by atoms with Crippen LogP contribution in [0.2, 0.25) is 0 Å². The van der Waals surface area contributed by atoms with Gasteiger partial charge < -0.3 is 26.8 Å². The lowest BCUT2D eigenvalue weighted by molar-refractivity contribution is -0.696. The van der Waals surface area contributed by atoms with Crippen LogP contribution in [0.3, 0.4) is 0 Å². The van der Waals surface area contributed by atoms with Crippen LogP contribution in [-0.2, 0) is 28.7 Å². The molecule has 222 valence electrons. The number of aryl methyl sites for hydroxylation is 2. The largest absolute Gasteiger partial charge is 1.00 e. The second kappa shape index (κ2) is 12.1. The van der Waals surface area contributed by atoms with Crippen molar-refractivity contribution >= 4 is 17.6 Å². The summed E-state index contributed by atoms with van der Waals surface area (Å²) in [5, 5.41) is 25.9. The highest BCUT2D eigenvalue weighted by atomic mass is 79.9. The molecular formula is C29H24BrF3N6O4. The van der Waals surface area contributed by atoms with Crippen molar-refractivity contribution in [3.05, 3.63) is 111 Å². The van der Waals surface area contributed by atoms with E-state index in [9.17, 15) is 33.1 Å². The Labute approximate surface area is 253 Å². The number of fused-ring (bicyclic) bond motifs is 1. The fourth-order valence-corrected chi connectivity index (χ4v) is 5.13. The Morgan fingerprint density at radius 2 is 1.98 bits per heavy atom. The number of esters is 1. The van der Waals surface area contributed by atoms with Crippen LogP contribution >= 0.6 is 0 Å². The Morgan fingerprint density at radius 1 is 1.21 bits per heavy atom. The topological polar surface area (TPSA) is 128 Å². The van der Waals surface area contributed by atoms with Gasteiger partial charge in [-0.2, -0.15) is 18.4 Å². The summed E-state index contributed by atoms with van der Waals surface area (Å²) >= 11 is 0. The third-order valence-electron chi connectivity index (χ3n) is 7.03. The number of benzene rings is 2. The zero-order valence-corrected chi connectivity index (χ0v) is 24.3. The van der Waals surface area contributed by atoms with Crippen LogP contribution in [0.5, 0.6) is 5.75 Å². The molecule has 1 aliphatic heterocycles. The summed E-state index contributed by atoms with van der Waals surface area (Å²) in [5.74, 6) is -0.773. The summed E-state index contributed by atoms with van der Waals surface area (Å²) in [6, 6.07) is 13.5. The molecule has 2 N–H and O–H groups in total. The number of rotatable bonds is 6. The van der Waals surface area contributed by atoms with Gasteiger partial charge in [-0.25, -0.2) is 23.8 Å². The highest BCUT2D eigenvalue weighted by Crippen LogP contribution is 2.43. The van der Waals surface area contributed by atoms with E-state index in [-0.39, 0.29) is 45.6 Å². The summed E-state index contributed by atoms with van der Waals surface area (Å²) in [4.78, 5) is 27.9. The molecule has 0 unspecified atom stereocenters. The quantitative estimate of drug-likeness (QED) is 0.233. The van der Waals surface area contributed by atoms with Crippen molar-refractivity contribution in [3.63, 3.8) is 0 Å². The number of anilines is 2. The van der Waals surface area contributed by atoms with E-state index in [0.717, 1.165) is 12.1 Å². The van der Waals surface area contributed by atoms with Crippen LogP contribution in [-0.4, -0.2) is 33.0 Å². The molecule has 43 heavy (non-hydrogen) atoms. The van der Waals surface area contributed by atoms with Crippen LogP contribution in [0.4, 0.5) is 24.8 Å². The number of hydrogen-bond acceptors (Lipinski definition) is 7. The number of allylic oxidation sites excluding steroid dienone is 1. The minimum absolute atomic E-state index is 0. The fourth-order valence-electron chi connectivity index (χ4n) is 5.13. The Bertz CT molecular complexity index is 1830. The smallest absolute Gasteiger partial charge is 0.416 e. The SMILES string of the molecule is COC(=O)C1=C(C)N(c2cccc(C(F)(F)F)c2)c2n[nH]c(=O)n2[C@@H]1c1ccc(C#N)cc1CC[n+]1cccc(O)c1.[Br-]. The number of nitrogens with one attached hydrogen (secondary N) is 1. The van der Waals surface area contributed by atoms with Gasteiger partial charge >= 0.3 is 17.8 Å². The lowest BCUT2D eigenvalue weighted by atomic mass is 9.89. The molecule has 14 heteroatoms. The molecule has 4 aromatic rings. The van der Waals surface area contributed by atoms with Gasteiger partial charge in [0.25, 0.3) is 0 Å². The highest BCUT2D eigenvalue weighted by molar-refractivity contribution is 5.93. The van der Waals surface area contributed by atoms with Crippen LogP contribution < -0.4 is 32.1 Å². The van der Waals surface area contributed by atoms with Gasteiger partial charge in [-0.05, 0) is 54.4 Å². The van der Waals surface area contributed by atoms with E-state index in [1.165, 1.54) is 47.9 Å². The molecule has 2 aromatic heterocycles. The van der Waals surface area contributed by atoms with Crippen molar-refractivity contribution in [1.82, 2.24) is 14.8 Å². The molecule has 3 heterocycles. The summed E-state index contributed by atoms with van der Waals surface area (Å²) in [7, 11) is 1.17. The van der Waals surface area contributed by atoms with Gasteiger partial charge in [-0.15, -0.1) is 5.10 Å². The molecule has 1 atom stereocenters. The molecule has 0 spiro atoms. The number of alkyl halides is 3. The maximum Gasteiger partial charge on any atom is 0.416 e. The fraction of sp³-hybridized carbons (Fsp3) is 0.207. The van der Waals surface area contributed by atoms with Crippen molar-refractivity contribution in [2.75, 3.05) is 12.0 Å². The van der Waals surface area contributed by atoms with Gasteiger partial charge in [0, 0.05) is 23.9 Å². The van der Waals surface area contributed by atoms with Crippen molar-refractivity contribution < 1.29 is 49.4 Å². The van der Waals surface area contributed by atoms with E-state index in [4.69, 9.17) is 4.74 Å². The monoisotopic (exact) mass is 656 g/mol. The molecule has 0 fully saturated rings. The first-order valence-electron chi connectivity index (χ1n) is 12.7. The maximum absolute atomic E-state index is 13.6. The number of H-pyrrole nitrogens is 1. The number of ether oxygens (including phenoxy) is 1. The van der Waals surface area contributed by atoms with Crippen molar-refractivity contribution in [2.24, 2.45) is 0 Å². The Morgan fingerprint density at radius 3 is 2.65 bits per heavy atom. The Hall–Kier alpha value is -4.90. The minimum Gasteiger partial charge on any atom is -1.00 e. The lowest BCUT2D eigenvalue weighted by Gasteiger charge is -2.36. The van der Waals surface area contributed by atoms with E-state index in [2.05, 4.69) is 16.3 Å². The predicted octanol–water partition coefficient (Wildman–Crippen LogP) is 0.890. The molecule has 0 aliphatic carbocycles. The van der Waals surface area contributed by atoms with Gasteiger partial charge in [-0.1, -0.05) is 12.1 Å². The molecule has 10 nitrogen and oxygen atoms in total. The highest BCUT2D eigenvalue weighted by Gasteiger charge is 2.41. The van der Waals surface area contributed by atoms with Crippen molar-refractivity contribution in [2.45, 2.75) is 32.1 Å². The number of carbonyl (C=O) groups excluding carboxylic acids is 1. The van der Waals surface area contributed by atoms with Gasteiger partial charge in [0.15, 0.2) is 18.5 Å². The molecule has 5 rings (SSSR count). The average molecular weight is 657 g/mol. The van der Waals surface area contributed by atoms with Gasteiger partial charge in [0.1, 0.15) is 6.04 Å². The molecule has 2 aromatic carbocycles. The number of hydrogen-bond donors (Lipinski definition) is 2. The molecule has 0 bridgehead atoms. The normalized spacial score (nSPS) is 14.5. The summed E-state index contributed by atoms with van der Waals surface area (Å²) in [6.07, 6.45) is -1.01. The third-order valence-corrected chi connectivity index (χ3v) is 7.03. The minimum atomic E-state index is -4.63. The first kappa shape index (κ1) is 31.0. The van der Waals surface area contributed by atoms with Crippen LogP contribution in [0.15, 0.2) is 83.1 Å². The van der Waals surface area contributed by atoms with Crippen LogP contribution in [0.1, 0.15) is 35.2 Å². The number of aromatic nitrogens is 4. The third kappa shape index (κ3) is 5.89. The van der Waals surface area contributed by atoms with E-state index in [1.54, 1.807) is 35.0 Å². The van der Waals surface area contributed by atoms with Gasteiger partial charge in [-0.3, -0.25) is 4.90 Å². The molecular weight excluding hydrogens is 633 g/mol. The van der Waals surface area contributed by atoms with Crippen LogP contribution in [0, 0.1) is 11.3 Å². The second-order valence-electron chi connectivity index (χ2n) is 9.55. The first-order valence-corrected chi connectivity index (χ1v) is 12.7. The maximum atomic E-state index is 13.6. The van der Waals surface area contributed by atoms with E-state index >= 15 is 0 Å². The second-order valence-corrected chi connectivity index (χ2v) is 9.55. The summed E-state index contributed by atoms with van der Waals surface area (Å²) < 4.78 is 48.8. The molecule has 0 saturated heterocycles. The number of aromatic hydroxyl groups is 1. The number of halogens is 4. The Kier molecular flexibility index (Phi) is 8.77. The zero-order chi connectivity index (χ0) is 30.2. The predicted molar refractivity (Wildman–Crippen MR) is 142 cm³/mol. The van der Waals surface area contributed by atoms with Crippen LogP contribution in [0.25, 0.3) is 0 Å². The number of aromatic amines is 1. The Balaban J connectivity index is 0.00000423. The summed E-state index contributed by atoms with van der Waals surface area (Å²) in [6.45, 7) is 1.91. The van der Waals surface area contributed by atoms with Crippen molar-refractivity contribution in [1.29, 1.82) is 5.26 Å². The standard InChI is InChI=1S/C29H23F3N6O4.BrH/c1-17-24(26(40)42-2)25(23-9-8-18(15-33)13-19(23)10-12-36-11-4-7-22(39)16-36)38-27(34-35-28(38)41)37(17)21-6-3-5-20(14-21)29(30,31)32;/h3-9,11,13-14,16,25H,10,12H2,1-2H3,(H-,35,39,41);1H/t25-;/m1./s1. The molecule has 0 radical (unpaired) electrons. The van der Waals surface area contributed by atoms with Gasteiger partial charge in [0.05, 0.1) is 29.9 Å². The molecule has 0 saturated carbocycles. The van der Waals surface area contributed by atoms with Gasteiger partial charge in [0.2, 0.25) is 12.1 Å². The molecule has 0 amide bonds. The molecule has 1 aliphatic rings. The number of methoxy groups -OCH3 is 1.